The van der Waals surface area contributed by atoms with Crippen LogP contribution < -0.4 is 4.74 Å². The van der Waals surface area contributed by atoms with Crippen LogP contribution in [0.5, 0.6) is 5.75 Å². The molecule has 0 aromatic heterocycles. The van der Waals surface area contributed by atoms with Crippen molar-refractivity contribution in [3.63, 3.8) is 0 Å². The number of hydrogen-bond donors (Lipinski definition) is 1. The molecule has 2 aromatic carbocycles. The summed E-state index contributed by atoms with van der Waals surface area (Å²) in [4.78, 5) is 13.9. The number of carbonyl (C=O) groups is 1. The van der Waals surface area contributed by atoms with E-state index in [0.717, 1.165) is 36.3 Å². The molecule has 132 valence electrons. The average Bonchev–Trinajstić information content (AvgIpc) is 2.64. The molecule has 0 bridgehead atoms. The van der Waals surface area contributed by atoms with Crippen LogP contribution in [0.2, 0.25) is 5.02 Å². The van der Waals surface area contributed by atoms with E-state index in [1.54, 1.807) is 7.11 Å². The molecule has 1 N–H and O–H groups in total. The molecule has 1 fully saturated rings. The number of methoxy groups -OCH3 is 1. The third kappa shape index (κ3) is 3.97. The Morgan fingerprint density at radius 2 is 1.72 bits per heavy atom. The molecule has 0 spiro atoms. The number of benzene rings is 2. The molecule has 2 unspecified atom stereocenters. The summed E-state index contributed by atoms with van der Waals surface area (Å²) in [7, 11) is 1.64. The van der Waals surface area contributed by atoms with E-state index in [4.69, 9.17) is 16.3 Å². The summed E-state index contributed by atoms with van der Waals surface area (Å²) >= 11 is 6.04. The van der Waals surface area contributed by atoms with Crippen LogP contribution in [0.25, 0.3) is 0 Å². The lowest BCUT2D eigenvalue weighted by molar-refractivity contribution is -0.145. The van der Waals surface area contributed by atoms with Crippen LogP contribution in [0.1, 0.15) is 36.4 Å². The molecule has 2 aromatic rings. The smallest absolute Gasteiger partial charge is 0.320 e. The summed E-state index contributed by atoms with van der Waals surface area (Å²) in [6.45, 7) is 0.760. The molecule has 3 rings (SSSR count). The standard InChI is InChI=1S/C20H22ClNO3/c1-25-17-11-7-15(8-12-17)19(14-5-9-16(21)10-6-14)22-13-3-2-4-18(22)20(23)24/h5-12,18-19H,2-4,13H2,1H3,(H,23,24). The number of halogens is 1. The molecular weight excluding hydrogens is 338 g/mol. The van der Waals surface area contributed by atoms with Gasteiger partial charge in [0, 0.05) is 5.02 Å². The Morgan fingerprint density at radius 3 is 2.28 bits per heavy atom. The van der Waals surface area contributed by atoms with Crippen molar-refractivity contribution in [1.29, 1.82) is 0 Å². The van der Waals surface area contributed by atoms with Crippen LogP contribution in [-0.4, -0.2) is 35.7 Å². The topological polar surface area (TPSA) is 49.8 Å². The van der Waals surface area contributed by atoms with Crippen molar-refractivity contribution < 1.29 is 14.6 Å². The third-order valence-corrected chi connectivity index (χ3v) is 5.03. The Labute approximate surface area is 153 Å². The van der Waals surface area contributed by atoms with Gasteiger partial charge in [0.2, 0.25) is 0 Å². The Hall–Kier alpha value is -2.04. The monoisotopic (exact) mass is 359 g/mol. The van der Waals surface area contributed by atoms with Gasteiger partial charge in [0.15, 0.2) is 0 Å². The van der Waals surface area contributed by atoms with Crippen molar-refractivity contribution in [2.24, 2.45) is 0 Å². The second-order valence-corrected chi connectivity index (χ2v) is 6.75. The lowest BCUT2D eigenvalue weighted by atomic mass is 9.91. The number of carboxylic acids is 1. The van der Waals surface area contributed by atoms with Gasteiger partial charge >= 0.3 is 5.97 Å². The van der Waals surface area contributed by atoms with Gasteiger partial charge in [-0.1, -0.05) is 42.3 Å². The Bertz CT molecular complexity index is 715. The fraction of sp³-hybridized carbons (Fsp3) is 0.350. The van der Waals surface area contributed by atoms with E-state index in [0.29, 0.717) is 11.4 Å². The summed E-state index contributed by atoms with van der Waals surface area (Å²) in [5.41, 5.74) is 2.10. The van der Waals surface area contributed by atoms with Gasteiger partial charge in [0.1, 0.15) is 11.8 Å². The van der Waals surface area contributed by atoms with Crippen LogP contribution in [0.3, 0.4) is 0 Å². The van der Waals surface area contributed by atoms with Crippen molar-refractivity contribution in [3.8, 4) is 5.75 Å². The molecule has 1 heterocycles. The summed E-state index contributed by atoms with van der Waals surface area (Å²) in [5.74, 6) is 0.0270. The van der Waals surface area contributed by atoms with Gasteiger partial charge in [0.25, 0.3) is 0 Å². The van der Waals surface area contributed by atoms with E-state index >= 15 is 0 Å². The third-order valence-electron chi connectivity index (χ3n) is 4.78. The Balaban J connectivity index is 2.03. The number of rotatable bonds is 5. The summed E-state index contributed by atoms with van der Waals surface area (Å²) < 4.78 is 5.25. The summed E-state index contributed by atoms with van der Waals surface area (Å²) in [5, 5.41) is 10.4. The van der Waals surface area contributed by atoms with Crippen LogP contribution in [-0.2, 0) is 4.79 Å². The molecule has 2 atom stereocenters. The number of likely N-dealkylation sites (tertiary alicyclic amines) is 1. The zero-order valence-corrected chi connectivity index (χ0v) is 14.9. The molecule has 0 aliphatic carbocycles. The van der Waals surface area contributed by atoms with Gasteiger partial charge in [-0.15, -0.1) is 0 Å². The molecule has 1 aliphatic rings. The zero-order valence-electron chi connectivity index (χ0n) is 14.2. The van der Waals surface area contributed by atoms with Crippen molar-refractivity contribution in [2.75, 3.05) is 13.7 Å². The lowest BCUT2D eigenvalue weighted by Crippen LogP contribution is -2.46. The molecular formula is C20H22ClNO3. The number of ether oxygens (including phenoxy) is 1. The van der Waals surface area contributed by atoms with Crippen LogP contribution in [0, 0.1) is 0 Å². The molecule has 5 heteroatoms. The van der Waals surface area contributed by atoms with E-state index in [-0.39, 0.29) is 6.04 Å². The van der Waals surface area contributed by atoms with Gasteiger partial charge in [-0.3, -0.25) is 9.69 Å². The van der Waals surface area contributed by atoms with Gasteiger partial charge in [-0.25, -0.2) is 0 Å². The fourth-order valence-electron chi connectivity index (χ4n) is 3.53. The second-order valence-electron chi connectivity index (χ2n) is 6.31. The highest BCUT2D eigenvalue weighted by atomic mass is 35.5. The van der Waals surface area contributed by atoms with E-state index < -0.39 is 12.0 Å². The highest BCUT2D eigenvalue weighted by Crippen LogP contribution is 2.35. The number of hydrogen-bond acceptors (Lipinski definition) is 3. The maximum Gasteiger partial charge on any atom is 0.320 e. The predicted molar refractivity (Wildman–Crippen MR) is 98.3 cm³/mol. The van der Waals surface area contributed by atoms with E-state index in [1.165, 1.54) is 0 Å². The molecule has 0 saturated carbocycles. The van der Waals surface area contributed by atoms with Crippen LogP contribution in [0.15, 0.2) is 48.5 Å². The van der Waals surface area contributed by atoms with Crippen LogP contribution >= 0.6 is 11.6 Å². The minimum atomic E-state index is -0.757. The van der Waals surface area contributed by atoms with Crippen LogP contribution in [0.4, 0.5) is 0 Å². The maximum atomic E-state index is 11.8. The van der Waals surface area contributed by atoms with Crippen molar-refractivity contribution >= 4 is 17.6 Å². The maximum absolute atomic E-state index is 11.8. The normalized spacial score (nSPS) is 19.4. The molecule has 1 aliphatic heterocycles. The quantitative estimate of drug-likeness (QED) is 0.860. The van der Waals surface area contributed by atoms with E-state index in [2.05, 4.69) is 4.90 Å². The van der Waals surface area contributed by atoms with Crippen molar-refractivity contribution in [3.05, 3.63) is 64.7 Å². The number of aliphatic carboxylic acids is 1. The van der Waals surface area contributed by atoms with E-state index in [1.807, 2.05) is 48.5 Å². The minimum Gasteiger partial charge on any atom is -0.497 e. The first-order valence-corrected chi connectivity index (χ1v) is 8.86. The van der Waals surface area contributed by atoms with Gasteiger partial charge < -0.3 is 9.84 Å². The van der Waals surface area contributed by atoms with Gasteiger partial charge in [-0.05, 0) is 54.8 Å². The largest absolute Gasteiger partial charge is 0.497 e. The highest BCUT2D eigenvalue weighted by molar-refractivity contribution is 6.30. The van der Waals surface area contributed by atoms with Crippen molar-refractivity contribution in [2.45, 2.75) is 31.3 Å². The van der Waals surface area contributed by atoms with E-state index in [9.17, 15) is 9.90 Å². The lowest BCUT2D eigenvalue weighted by Gasteiger charge is -2.39. The minimum absolute atomic E-state index is 0.121. The summed E-state index contributed by atoms with van der Waals surface area (Å²) in [6.07, 6.45) is 2.63. The SMILES string of the molecule is COc1ccc(C(c2ccc(Cl)cc2)N2CCCCC2C(=O)O)cc1. The molecule has 1 saturated heterocycles. The first-order chi connectivity index (χ1) is 12.1. The van der Waals surface area contributed by atoms with Gasteiger partial charge in [-0.2, -0.15) is 0 Å². The first-order valence-electron chi connectivity index (χ1n) is 8.48. The highest BCUT2D eigenvalue weighted by Gasteiger charge is 2.35. The molecule has 25 heavy (non-hydrogen) atoms. The number of carboxylic acid groups (broad SMARTS) is 1. The number of piperidine rings is 1. The Morgan fingerprint density at radius 1 is 1.12 bits per heavy atom. The molecule has 0 amide bonds. The fourth-order valence-corrected chi connectivity index (χ4v) is 3.66. The zero-order chi connectivity index (χ0) is 17.8. The predicted octanol–water partition coefficient (Wildman–Crippen LogP) is 4.38. The molecule has 0 radical (unpaired) electrons. The number of nitrogens with zero attached hydrogens (tertiary/aromatic N) is 1. The Kier molecular flexibility index (Phi) is 5.61. The first kappa shape index (κ1) is 17.8. The average molecular weight is 360 g/mol. The summed E-state index contributed by atoms with van der Waals surface area (Å²) in [6, 6.07) is 14.9. The molecule has 4 nitrogen and oxygen atoms in total. The van der Waals surface area contributed by atoms with Gasteiger partial charge in [0.05, 0.1) is 13.2 Å². The second kappa shape index (κ2) is 7.89. The van der Waals surface area contributed by atoms with Crippen molar-refractivity contribution in [1.82, 2.24) is 4.90 Å².